The normalized spacial score (nSPS) is 36.8. The lowest BCUT2D eigenvalue weighted by atomic mass is 9.85. The summed E-state index contributed by atoms with van der Waals surface area (Å²) in [5.74, 6) is 4.68. The molecule has 2 saturated heterocycles. The Labute approximate surface area is 136 Å². The van der Waals surface area contributed by atoms with Gasteiger partial charge in [-0.3, -0.25) is 4.79 Å². The first kappa shape index (κ1) is 16.8. The van der Waals surface area contributed by atoms with E-state index >= 15 is 0 Å². The van der Waals surface area contributed by atoms with E-state index in [2.05, 4.69) is 10.6 Å². The van der Waals surface area contributed by atoms with Gasteiger partial charge in [-0.15, -0.1) is 12.4 Å². The molecule has 3 aliphatic rings. The molecule has 2 aliphatic heterocycles. The van der Waals surface area contributed by atoms with Gasteiger partial charge in [-0.1, -0.05) is 12.8 Å². The summed E-state index contributed by atoms with van der Waals surface area (Å²) in [7, 11) is 0. The Morgan fingerprint density at radius 3 is 2.85 bits per heavy atom. The third kappa shape index (κ3) is 4.21. The molecule has 0 bridgehead atoms. The average Bonchev–Trinajstić information content (AvgIpc) is 2.90. The van der Waals surface area contributed by atoms with Gasteiger partial charge < -0.3 is 10.6 Å². The zero-order valence-corrected chi connectivity index (χ0v) is 14.3. The lowest BCUT2D eigenvalue weighted by molar-refractivity contribution is -0.122. The van der Waals surface area contributed by atoms with Crippen molar-refractivity contribution in [3.8, 4) is 0 Å². The zero-order chi connectivity index (χ0) is 13.1. The van der Waals surface area contributed by atoms with E-state index in [4.69, 9.17) is 0 Å². The summed E-state index contributed by atoms with van der Waals surface area (Å²) in [6, 6.07) is 0.693. The topological polar surface area (TPSA) is 41.1 Å². The quantitative estimate of drug-likeness (QED) is 0.829. The number of hydrogen-bond donors (Lipinski definition) is 2. The summed E-state index contributed by atoms with van der Waals surface area (Å²) in [5.41, 5.74) is 0. The maximum Gasteiger partial charge on any atom is 0.237 e. The van der Waals surface area contributed by atoms with Crippen molar-refractivity contribution in [3.05, 3.63) is 0 Å². The number of carbonyl (C=O) groups excluding carboxylic acids is 1. The van der Waals surface area contributed by atoms with Crippen LogP contribution in [-0.2, 0) is 4.79 Å². The summed E-state index contributed by atoms with van der Waals surface area (Å²) in [6.07, 6.45) is 6.33. The molecular formula is C14H25ClN2OS2. The minimum atomic E-state index is 0. The van der Waals surface area contributed by atoms with E-state index in [1.165, 1.54) is 42.9 Å². The highest BCUT2D eigenvalue weighted by Gasteiger charge is 2.38. The van der Waals surface area contributed by atoms with Crippen LogP contribution < -0.4 is 10.6 Å². The van der Waals surface area contributed by atoms with Gasteiger partial charge in [0, 0.05) is 35.1 Å². The van der Waals surface area contributed by atoms with Crippen molar-refractivity contribution in [2.75, 3.05) is 23.8 Å². The van der Waals surface area contributed by atoms with Crippen LogP contribution in [0.15, 0.2) is 0 Å². The van der Waals surface area contributed by atoms with Crippen molar-refractivity contribution in [1.29, 1.82) is 0 Å². The molecule has 4 unspecified atom stereocenters. The maximum absolute atomic E-state index is 12.2. The van der Waals surface area contributed by atoms with Crippen LogP contribution in [0.25, 0.3) is 0 Å². The van der Waals surface area contributed by atoms with Crippen LogP contribution in [0.5, 0.6) is 0 Å². The second-order valence-electron chi connectivity index (χ2n) is 5.92. The molecule has 1 saturated carbocycles. The van der Waals surface area contributed by atoms with Crippen LogP contribution in [0.4, 0.5) is 0 Å². The van der Waals surface area contributed by atoms with Gasteiger partial charge in [0.05, 0.1) is 6.04 Å². The van der Waals surface area contributed by atoms with Gasteiger partial charge >= 0.3 is 0 Å². The van der Waals surface area contributed by atoms with E-state index in [1.807, 2.05) is 23.5 Å². The Balaban J connectivity index is 0.00000147. The fourth-order valence-electron chi connectivity index (χ4n) is 3.51. The highest BCUT2D eigenvalue weighted by atomic mass is 35.5. The van der Waals surface area contributed by atoms with Crippen LogP contribution in [0.1, 0.15) is 32.1 Å². The lowest BCUT2D eigenvalue weighted by Crippen LogP contribution is -2.45. The van der Waals surface area contributed by atoms with Crippen molar-refractivity contribution >= 4 is 41.8 Å². The first-order chi connectivity index (χ1) is 9.33. The Hall–Kier alpha value is 0.420. The summed E-state index contributed by atoms with van der Waals surface area (Å²) < 4.78 is 0. The maximum atomic E-state index is 12.2. The summed E-state index contributed by atoms with van der Waals surface area (Å²) in [4.78, 5) is 12.2. The molecule has 3 fully saturated rings. The Morgan fingerprint density at radius 2 is 2.10 bits per heavy atom. The predicted molar refractivity (Wildman–Crippen MR) is 91.1 cm³/mol. The van der Waals surface area contributed by atoms with E-state index in [-0.39, 0.29) is 24.4 Å². The molecule has 0 aromatic heterocycles. The van der Waals surface area contributed by atoms with Crippen molar-refractivity contribution in [3.63, 3.8) is 0 Å². The highest BCUT2D eigenvalue weighted by Crippen LogP contribution is 2.33. The molecule has 116 valence electrons. The molecule has 2 N–H and O–H groups in total. The molecule has 3 rings (SSSR count). The van der Waals surface area contributed by atoms with E-state index < -0.39 is 0 Å². The molecule has 4 atom stereocenters. The number of thioether (sulfide) groups is 2. The molecule has 6 heteroatoms. The first-order valence-corrected chi connectivity index (χ1v) is 9.76. The van der Waals surface area contributed by atoms with Crippen LogP contribution >= 0.6 is 35.9 Å². The molecule has 20 heavy (non-hydrogen) atoms. The summed E-state index contributed by atoms with van der Waals surface area (Å²) in [5, 5.41) is 7.34. The monoisotopic (exact) mass is 336 g/mol. The number of rotatable bonds is 3. The third-order valence-corrected chi connectivity index (χ3v) is 7.41. The van der Waals surface area contributed by atoms with E-state index in [0.717, 1.165) is 18.9 Å². The zero-order valence-electron chi connectivity index (χ0n) is 11.8. The fourth-order valence-corrected chi connectivity index (χ4v) is 6.13. The molecule has 1 aliphatic carbocycles. The Bertz CT molecular complexity index is 312. The minimum Gasteiger partial charge on any atom is -0.354 e. The number of nitrogens with one attached hydrogen (secondary N) is 2. The van der Waals surface area contributed by atoms with Crippen LogP contribution in [-0.4, -0.2) is 47.0 Å². The fraction of sp³-hybridized carbons (Fsp3) is 0.929. The second kappa shape index (κ2) is 8.16. The second-order valence-corrected chi connectivity index (χ2v) is 8.48. The summed E-state index contributed by atoms with van der Waals surface area (Å²) in [6.45, 7) is 0.851. The molecule has 1 amide bonds. The third-order valence-electron chi connectivity index (χ3n) is 4.57. The number of halogens is 1. The molecule has 0 aromatic carbocycles. The molecule has 0 radical (unpaired) electrons. The molecule has 3 nitrogen and oxygen atoms in total. The van der Waals surface area contributed by atoms with Crippen LogP contribution in [0.2, 0.25) is 0 Å². The predicted octanol–water partition coefficient (Wildman–Crippen LogP) is 2.29. The van der Waals surface area contributed by atoms with Gasteiger partial charge in [0.1, 0.15) is 0 Å². The minimum absolute atomic E-state index is 0. The SMILES string of the molecule is Cl.O=C(NCC1CSCCS1)C1CC2CCCCC2N1. The molecule has 0 spiro atoms. The summed E-state index contributed by atoms with van der Waals surface area (Å²) >= 11 is 4.03. The van der Waals surface area contributed by atoms with Gasteiger partial charge in [-0.2, -0.15) is 23.5 Å². The van der Waals surface area contributed by atoms with Crippen LogP contribution in [0.3, 0.4) is 0 Å². The molecule has 2 heterocycles. The van der Waals surface area contributed by atoms with Crippen LogP contribution in [0, 0.1) is 5.92 Å². The smallest absolute Gasteiger partial charge is 0.237 e. The number of fused-ring (bicyclic) bond motifs is 1. The van der Waals surface area contributed by atoms with E-state index in [1.54, 1.807) is 0 Å². The largest absolute Gasteiger partial charge is 0.354 e. The molecule has 0 aromatic rings. The Morgan fingerprint density at radius 1 is 1.25 bits per heavy atom. The number of carbonyl (C=O) groups is 1. The van der Waals surface area contributed by atoms with E-state index in [9.17, 15) is 4.79 Å². The van der Waals surface area contributed by atoms with Crippen molar-refractivity contribution in [2.24, 2.45) is 5.92 Å². The van der Waals surface area contributed by atoms with Crippen molar-refractivity contribution < 1.29 is 4.79 Å². The van der Waals surface area contributed by atoms with Gasteiger partial charge in [0.25, 0.3) is 0 Å². The Kier molecular flexibility index (Phi) is 6.85. The van der Waals surface area contributed by atoms with E-state index in [0.29, 0.717) is 11.3 Å². The van der Waals surface area contributed by atoms with Crippen molar-refractivity contribution in [2.45, 2.75) is 49.4 Å². The van der Waals surface area contributed by atoms with Crippen molar-refractivity contribution in [1.82, 2.24) is 10.6 Å². The lowest BCUT2D eigenvalue weighted by Gasteiger charge is -2.24. The number of amides is 1. The van der Waals surface area contributed by atoms with Gasteiger partial charge in [-0.25, -0.2) is 0 Å². The van der Waals surface area contributed by atoms with Gasteiger partial charge in [0.2, 0.25) is 5.91 Å². The first-order valence-electron chi connectivity index (χ1n) is 7.56. The standard InChI is InChI=1S/C14H24N2OS2.ClH/c17-14(15-8-11-9-18-5-6-19-11)13-7-10-3-1-2-4-12(10)16-13;/h10-13,16H,1-9H2,(H,15,17);1H. The molecular weight excluding hydrogens is 312 g/mol. The van der Waals surface area contributed by atoms with Gasteiger partial charge in [0.15, 0.2) is 0 Å². The van der Waals surface area contributed by atoms with Gasteiger partial charge in [-0.05, 0) is 25.2 Å². The average molecular weight is 337 g/mol. The number of hydrogen-bond acceptors (Lipinski definition) is 4. The highest BCUT2D eigenvalue weighted by molar-refractivity contribution is 8.06.